The zero-order valence-electron chi connectivity index (χ0n) is 27.1. The van der Waals surface area contributed by atoms with Crippen molar-refractivity contribution in [2.45, 2.75) is 19.3 Å². The average Bonchev–Trinajstić information content (AvgIpc) is 3.82. The number of furan rings is 1. The molecule has 9 aromatic rings. The first kappa shape index (κ1) is 28.2. The van der Waals surface area contributed by atoms with Gasteiger partial charge in [-0.15, -0.1) is 11.3 Å². The molecule has 0 N–H and O–H groups in total. The third-order valence-electron chi connectivity index (χ3n) is 10.1. The Morgan fingerprint density at radius 2 is 1.22 bits per heavy atom. The molecule has 0 radical (unpaired) electrons. The number of para-hydroxylation sites is 1. The number of hydrogen-bond donors (Lipinski definition) is 0. The zero-order valence-corrected chi connectivity index (χ0v) is 27.9. The molecule has 3 nitrogen and oxygen atoms in total. The van der Waals surface area contributed by atoms with E-state index in [4.69, 9.17) is 14.4 Å². The van der Waals surface area contributed by atoms with Gasteiger partial charge in [-0.3, -0.25) is 0 Å². The number of nitrogens with zero attached hydrogens (tertiary/aromatic N) is 2. The van der Waals surface area contributed by atoms with Crippen LogP contribution in [0, 0.1) is 0 Å². The van der Waals surface area contributed by atoms with E-state index in [0.717, 1.165) is 56.2 Å². The number of aromatic nitrogens is 2. The molecule has 0 saturated heterocycles. The summed E-state index contributed by atoms with van der Waals surface area (Å²) in [5, 5.41) is 3.60. The number of fused-ring (bicyclic) bond motifs is 7. The van der Waals surface area contributed by atoms with Gasteiger partial charge < -0.3 is 4.42 Å². The van der Waals surface area contributed by atoms with Crippen LogP contribution in [-0.4, -0.2) is 9.97 Å². The van der Waals surface area contributed by atoms with Crippen LogP contribution in [0.5, 0.6) is 0 Å². The SMILES string of the molecule is CC1(C)c2ccccc2-c2c(-c3cc(-c4ccc(-c5cc6ccccc6o5)cc4)nc(-c4cccc5c4sc4ccccc45)n3)cccc21. The van der Waals surface area contributed by atoms with Gasteiger partial charge in [0, 0.05) is 53.2 Å². The van der Waals surface area contributed by atoms with E-state index in [9.17, 15) is 0 Å². The number of rotatable bonds is 4. The minimum absolute atomic E-state index is 0.101. The van der Waals surface area contributed by atoms with Gasteiger partial charge in [-0.2, -0.15) is 0 Å². The first-order valence-corrected chi connectivity index (χ1v) is 17.5. The Bertz CT molecular complexity index is 2720. The van der Waals surface area contributed by atoms with Crippen molar-refractivity contribution in [3.8, 4) is 56.4 Å². The molecule has 0 atom stereocenters. The van der Waals surface area contributed by atoms with E-state index in [0.29, 0.717) is 0 Å². The largest absolute Gasteiger partial charge is 0.456 e. The van der Waals surface area contributed by atoms with Gasteiger partial charge in [0.25, 0.3) is 0 Å². The fraction of sp³-hybridized carbons (Fsp3) is 0.0667. The molecule has 3 heterocycles. The van der Waals surface area contributed by atoms with Gasteiger partial charge >= 0.3 is 0 Å². The van der Waals surface area contributed by atoms with Gasteiger partial charge in [0.2, 0.25) is 0 Å². The lowest BCUT2D eigenvalue weighted by atomic mass is 9.82. The standard InChI is InChI=1S/C45H30N2OS/c1-45(2)35-17-6-4-13-32(35)42-33(15-10-18-36(42)45)38-26-37(27-21-23-28(24-22-27)40-25-29-11-3-7-19-39(29)48-40)46-44(47-38)34-16-9-14-31-30-12-5-8-20-41(30)49-43(31)34/h3-26H,1-2H3. The second-order valence-electron chi connectivity index (χ2n) is 13.4. The Hall–Kier alpha value is -5.84. The molecule has 10 rings (SSSR count). The van der Waals surface area contributed by atoms with Crippen LogP contribution in [0.25, 0.3) is 87.5 Å². The van der Waals surface area contributed by atoms with Gasteiger partial charge in [-0.25, -0.2) is 9.97 Å². The van der Waals surface area contributed by atoms with Gasteiger partial charge in [0.1, 0.15) is 11.3 Å². The van der Waals surface area contributed by atoms with Crippen molar-refractivity contribution in [3.63, 3.8) is 0 Å². The van der Waals surface area contributed by atoms with Gasteiger partial charge in [-0.05, 0) is 52.6 Å². The van der Waals surface area contributed by atoms with Crippen molar-refractivity contribution in [1.29, 1.82) is 0 Å². The van der Waals surface area contributed by atoms with Crippen molar-refractivity contribution in [2.75, 3.05) is 0 Å². The van der Waals surface area contributed by atoms with Crippen molar-refractivity contribution in [1.82, 2.24) is 9.97 Å². The molecule has 4 heteroatoms. The molecule has 0 fully saturated rings. The molecule has 3 aromatic heterocycles. The summed E-state index contributed by atoms with van der Waals surface area (Å²) in [5.74, 6) is 1.59. The van der Waals surface area contributed by atoms with E-state index in [1.165, 1.54) is 42.4 Å². The smallest absolute Gasteiger partial charge is 0.161 e. The highest BCUT2D eigenvalue weighted by Crippen LogP contribution is 2.52. The van der Waals surface area contributed by atoms with Crippen LogP contribution < -0.4 is 0 Å². The van der Waals surface area contributed by atoms with E-state index in [2.05, 4.69) is 141 Å². The molecule has 0 spiro atoms. The minimum Gasteiger partial charge on any atom is -0.456 e. The lowest BCUT2D eigenvalue weighted by Gasteiger charge is -2.21. The van der Waals surface area contributed by atoms with E-state index in [1.54, 1.807) is 0 Å². The molecule has 49 heavy (non-hydrogen) atoms. The maximum absolute atomic E-state index is 6.18. The highest BCUT2D eigenvalue weighted by molar-refractivity contribution is 7.26. The lowest BCUT2D eigenvalue weighted by Crippen LogP contribution is -2.14. The van der Waals surface area contributed by atoms with Crippen LogP contribution >= 0.6 is 11.3 Å². The van der Waals surface area contributed by atoms with Crippen LogP contribution in [0.4, 0.5) is 0 Å². The summed E-state index contributed by atoms with van der Waals surface area (Å²) >= 11 is 1.81. The predicted octanol–water partition coefficient (Wildman–Crippen LogP) is 12.6. The Balaban J connectivity index is 1.18. The molecule has 6 aromatic carbocycles. The summed E-state index contributed by atoms with van der Waals surface area (Å²) in [4.78, 5) is 10.7. The highest BCUT2D eigenvalue weighted by atomic mass is 32.1. The third-order valence-corrected chi connectivity index (χ3v) is 11.4. The lowest BCUT2D eigenvalue weighted by molar-refractivity contribution is 0.631. The summed E-state index contributed by atoms with van der Waals surface area (Å²) in [7, 11) is 0. The van der Waals surface area contributed by atoms with Crippen LogP contribution in [0.3, 0.4) is 0 Å². The second-order valence-corrected chi connectivity index (χ2v) is 14.4. The maximum Gasteiger partial charge on any atom is 0.161 e. The molecule has 0 bridgehead atoms. The van der Waals surface area contributed by atoms with E-state index >= 15 is 0 Å². The van der Waals surface area contributed by atoms with Crippen molar-refractivity contribution >= 4 is 42.5 Å². The number of hydrogen-bond acceptors (Lipinski definition) is 4. The number of benzene rings is 6. The zero-order chi connectivity index (χ0) is 32.7. The van der Waals surface area contributed by atoms with Crippen molar-refractivity contribution in [2.24, 2.45) is 0 Å². The first-order chi connectivity index (χ1) is 24.0. The Kier molecular flexibility index (Phi) is 6.09. The van der Waals surface area contributed by atoms with Gasteiger partial charge in [-0.1, -0.05) is 129 Å². The molecule has 232 valence electrons. The molecule has 1 aliphatic carbocycles. The fourth-order valence-corrected chi connectivity index (χ4v) is 8.89. The normalized spacial score (nSPS) is 13.3. The van der Waals surface area contributed by atoms with Gasteiger partial charge in [0.15, 0.2) is 5.82 Å². The molecular weight excluding hydrogens is 617 g/mol. The maximum atomic E-state index is 6.18. The monoisotopic (exact) mass is 646 g/mol. The average molecular weight is 647 g/mol. The highest BCUT2D eigenvalue weighted by Gasteiger charge is 2.36. The summed E-state index contributed by atoms with van der Waals surface area (Å²) in [5.41, 5.74) is 12.1. The molecule has 0 aliphatic heterocycles. The summed E-state index contributed by atoms with van der Waals surface area (Å²) in [6, 6.07) is 51.5. The quantitative estimate of drug-likeness (QED) is 0.191. The van der Waals surface area contributed by atoms with E-state index in [1.807, 2.05) is 29.5 Å². The van der Waals surface area contributed by atoms with E-state index < -0.39 is 0 Å². The minimum atomic E-state index is -0.101. The van der Waals surface area contributed by atoms with Crippen LogP contribution in [0.15, 0.2) is 150 Å². The molecule has 1 aliphatic rings. The third kappa shape index (κ3) is 4.34. The topological polar surface area (TPSA) is 38.9 Å². The molecule has 0 unspecified atom stereocenters. The number of thiophene rings is 1. The van der Waals surface area contributed by atoms with Crippen molar-refractivity contribution in [3.05, 3.63) is 157 Å². The fourth-order valence-electron chi connectivity index (χ4n) is 7.67. The van der Waals surface area contributed by atoms with Crippen LogP contribution in [0.1, 0.15) is 25.0 Å². The molecular formula is C45H30N2OS. The van der Waals surface area contributed by atoms with Crippen LogP contribution in [-0.2, 0) is 5.41 Å². The Morgan fingerprint density at radius 3 is 2.12 bits per heavy atom. The molecule has 0 amide bonds. The summed E-state index contributed by atoms with van der Waals surface area (Å²) in [6.45, 7) is 4.65. The van der Waals surface area contributed by atoms with Crippen LogP contribution in [0.2, 0.25) is 0 Å². The predicted molar refractivity (Wildman–Crippen MR) is 204 cm³/mol. The first-order valence-electron chi connectivity index (χ1n) is 16.7. The second kappa shape index (κ2) is 10.6. The Morgan fingerprint density at radius 1 is 0.551 bits per heavy atom. The summed E-state index contributed by atoms with van der Waals surface area (Å²) in [6.07, 6.45) is 0. The van der Waals surface area contributed by atoms with Crippen molar-refractivity contribution < 1.29 is 4.42 Å². The molecule has 0 saturated carbocycles. The van der Waals surface area contributed by atoms with Gasteiger partial charge in [0.05, 0.1) is 11.4 Å². The summed E-state index contributed by atoms with van der Waals surface area (Å²) < 4.78 is 8.65. The van der Waals surface area contributed by atoms with E-state index in [-0.39, 0.29) is 5.41 Å². The Labute approximate surface area is 288 Å².